The van der Waals surface area contributed by atoms with E-state index in [0.717, 1.165) is 42.5 Å². The lowest BCUT2D eigenvalue weighted by molar-refractivity contribution is 0.0819. The maximum absolute atomic E-state index is 12.5. The highest BCUT2D eigenvalue weighted by atomic mass is 16.5. The summed E-state index contributed by atoms with van der Waals surface area (Å²) >= 11 is 0. The molecule has 2 aromatic carbocycles. The molecule has 2 N–H and O–H groups in total. The molecule has 26 heavy (non-hydrogen) atoms. The van der Waals surface area contributed by atoms with Crippen molar-refractivity contribution in [1.29, 1.82) is 0 Å². The fourth-order valence-corrected chi connectivity index (χ4v) is 3.50. The van der Waals surface area contributed by atoms with E-state index < -0.39 is 0 Å². The number of hydrogen-bond donors (Lipinski definition) is 2. The number of aromatic amines is 1. The van der Waals surface area contributed by atoms with E-state index in [1.165, 1.54) is 5.69 Å². The molecule has 3 aromatic rings. The third kappa shape index (κ3) is 3.44. The van der Waals surface area contributed by atoms with Crippen LogP contribution in [0.1, 0.15) is 23.2 Å². The Morgan fingerprint density at radius 2 is 1.88 bits per heavy atom. The fourth-order valence-electron chi connectivity index (χ4n) is 3.50. The Balaban J connectivity index is 1.41. The number of anilines is 2. The molecule has 5 nitrogen and oxygen atoms in total. The van der Waals surface area contributed by atoms with Crippen molar-refractivity contribution in [2.45, 2.75) is 18.9 Å². The van der Waals surface area contributed by atoms with E-state index in [-0.39, 0.29) is 5.91 Å². The van der Waals surface area contributed by atoms with Gasteiger partial charge in [-0.05, 0) is 61.4 Å². The second kappa shape index (κ2) is 7.22. The van der Waals surface area contributed by atoms with Crippen molar-refractivity contribution in [3.8, 4) is 0 Å². The number of carbonyl (C=O) groups excluding carboxylic acids is 1. The largest absolute Gasteiger partial charge is 0.381 e. The summed E-state index contributed by atoms with van der Waals surface area (Å²) in [7, 11) is 1.78. The highest BCUT2D eigenvalue weighted by Crippen LogP contribution is 2.23. The average Bonchev–Trinajstić information content (AvgIpc) is 3.16. The van der Waals surface area contributed by atoms with E-state index in [1.54, 1.807) is 7.11 Å². The van der Waals surface area contributed by atoms with Gasteiger partial charge in [0.1, 0.15) is 0 Å². The zero-order chi connectivity index (χ0) is 17.9. The smallest absolute Gasteiger partial charge is 0.255 e. The van der Waals surface area contributed by atoms with Crippen LogP contribution in [0.25, 0.3) is 10.9 Å². The van der Waals surface area contributed by atoms with Crippen molar-refractivity contribution >= 4 is 28.2 Å². The standard InChI is InChI=1S/C21H23N3O2/c1-26-19-9-12-24(13-10-19)18-5-3-17(4-6-18)23-21(25)16-2-7-20-15(14-16)8-11-22-20/h2-8,11,14,19,22H,9-10,12-13H2,1H3,(H,23,25). The van der Waals surface area contributed by atoms with Crippen LogP contribution in [0.15, 0.2) is 54.7 Å². The number of ether oxygens (including phenoxy) is 1. The topological polar surface area (TPSA) is 57.4 Å². The summed E-state index contributed by atoms with van der Waals surface area (Å²) in [6.07, 6.45) is 4.36. The van der Waals surface area contributed by atoms with Crippen molar-refractivity contribution in [3.63, 3.8) is 0 Å². The first kappa shape index (κ1) is 16.7. The van der Waals surface area contributed by atoms with E-state index in [0.29, 0.717) is 11.7 Å². The van der Waals surface area contributed by atoms with Crippen molar-refractivity contribution in [2.24, 2.45) is 0 Å². The molecule has 1 fully saturated rings. The van der Waals surface area contributed by atoms with Crippen LogP contribution in [0.2, 0.25) is 0 Å². The molecule has 2 heterocycles. The van der Waals surface area contributed by atoms with Crippen LogP contribution in [0.5, 0.6) is 0 Å². The second-order valence-electron chi connectivity index (χ2n) is 6.70. The minimum atomic E-state index is -0.0956. The summed E-state index contributed by atoms with van der Waals surface area (Å²) in [6.45, 7) is 2.00. The summed E-state index contributed by atoms with van der Waals surface area (Å²) in [5.74, 6) is -0.0956. The zero-order valence-electron chi connectivity index (χ0n) is 14.9. The highest BCUT2D eigenvalue weighted by Gasteiger charge is 2.18. The Morgan fingerprint density at radius 3 is 2.62 bits per heavy atom. The molecule has 0 saturated carbocycles. The summed E-state index contributed by atoms with van der Waals surface area (Å²) in [4.78, 5) is 18.0. The van der Waals surface area contributed by atoms with Crippen LogP contribution >= 0.6 is 0 Å². The first-order valence-electron chi connectivity index (χ1n) is 8.99. The lowest BCUT2D eigenvalue weighted by Gasteiger charge is -2.33. The molecule has 1 aliphatic heterocycles. The Hall–Kier alpha value is -2.79. The number of H-pyrrole nitrogens is 1. The predicted molar refractivity (Wildman–Crippen MR) is 105 cm³/mol. The van der Waals surface area contributed by atoms with E-state index in [4.69, 9.17) is 4.74 Å². The van der Waals surface area contributed by atoms with Crippen LogP contribution < -0.4 is 10.2 Å². The van der Waals surface area contributed by atoms with Gasteiger partial charge in [-0.25, -0.2) is 0 Å². The molecule has 1 aromatic heterocycles. The Morgan fingerprint density at radius 1 is 1.12 bits per heavy atom. The van der Waals surface area contributed by atoms with Gasteiger partial charge in [0, 0.05) is 54.2 Å². The Labute approximate surface area is 153 Å². The maximum atomic E-state index is 12.5. The van der Waals surface area contributed by atoms with Crippen LogP contribution in [0.3, 0.4) is 0 Å². The summed E-state index contributed by atoms with van der Waals surface area (Å²) in [6, 6.07) is 15.7. The second-order valence-corrected chi connectivity index (χ2v) is 6.70. The quantitative estimate of drug-likeness (QED) is 0.747. The average molecular weight is 349 g/mol. The van der Waals surface area contributed by atoms with Gasteiger partial charge in [0.25, 0.3) is 5.91 Å². The Kier molecular flexibility index (Phi) is 4.63. The number of amides is 1. The summed E-state index contributed by atoms with van der Waals surface area (Å²) in [5.41, 5.74) is 3.68. The minimum Gasteiger partial charge on any atom is -0.381 e. The number of nitrogens with zero attached hydrogens (tertiary/aromatic N) is 1. The lowest BCUT2D eigenvalue weighted by atomic mass is 10.1. The molecule has 1 amide bonds. The van der Waals surface area contributed by atoms with Crippen LogP contribution in [0, 0.1) is 0 Å². The van der Waals surface area contributed by atoms with Gasteiger partial charge in [0.2, 0.25) is 0 Å². The zero-order valence-corrected chi connectivity index (χ0v) is 14.9. The van der Waals surface area contributed by atoms with Crippen molar-refractivity contribution in [1.82, 2.24) is 4.98 Å². The van der Waals surface area contributed by atoms with E-state index >= 15 is 0 Å². The van der Waals surface area contributed by atoms with E-state index in [1.807, 2.05) is 42.6 Å². The number of aromatic nitrogens is 1. The van der Waals surface area contributed by atoms with Crippen molar-refractivity contribution < 1.29 is 9.53 Å². The monoisotopic (exact) mass is 349 g/mol. The molecule has 0 aliphatic carbocycles. The molecular formula is C21H23N3O2. The fraction of sp³-hybridized carbons (Fsp3) is 0.286. The van der Waals surface area contributed by atoms with E-state index in [9.17, 15) is 4.79 Å². The molecule has 1 saturated heterocycles. The maximum Gasteiger partial charge on any atom is 0.255 e. The van der Waals surface area contributed by atoms with Gasteiger partial charge in [-0.3, -0.25) is 4.79 Å². The van der Waals surface area contributed by atoms with Gasteiger partial charge in [0.05, 0.1) is 6.10 Å². The van der Waals surface area contributed by atoms with Crippen LogP contribution in [-0.4, -0.2) is 37.2 Å². The first-order valence-corrected chi connectivity index (χ1v) is 8.99. The minimum absolute atomic E-state index is 0.0956. The molecular weight excluding hydrogens is 326 g/mol. The van der Waals surface area contributed by atoms with Gasteiger partial charge in [-0.2, -0.15) is 0 Å². The van der Waals surface area contributed by atoms with Crippen LogP contribution in [-0.2, 0) is 4.74 Å². The van der Waals surface area contributed by atoms with Gasteiger partial charge in [0.15, 0.2) is 0 Å². The molecule has 0 radical (unpaired) electrons. The number of fused-ring (bicyclic) bond motifs is 1. The Bertz CT molecular complexity index is 893. The molecule has 0 bridgehead atoms. The third-order valence-corrected chi connectivity index (χ3v) is 5.08. The normalized spacial score (nSPS) is 15.3. The third-order valence-electron chi connectivity index (χ3n) is 5.08. The van der Waals surface area contributed by atoms with Gasteiger partial charge >= 0.3 is 0 Å². The molecule has 1 aliphatic rings. The number of carbonyl (C=O) groups is 1. The molecule has 134 valence electrons. The van der Waals surface area contributed by atoms with Crippen LogP contribution in [0.4, 0.5) is 11.4 Å². The number of methoxy groups -OCH3 is 1. The number of rotatable bonds is 4. The van der Waals surface area contributed by atoms with E-state index in [2.05, 4.69) is 27.3 Å². The summed E-state index contributed by atoms with van der Waals surface area (Å²) in [5, 5.41) is 4.01. The lowest BCUT2D eigenvalue weighted by Crippen LogP contribution is -2.36. The van der Waals surface area contributed by atoms with Gasteiger partial charge in [-0.15, -0.1) is 0 Å². The first-order chi connectivity index (χ1) is 12.7. The number of piperidine rings is 1. The molecule has 0 atom stereocenters. The van der Waals surface area contributed by atoms with Crippen molar-refractivity contribution in [2.75, 3.05) is 30.4 Å². The van der Waals surface area contributed by atoms with Gasteiger partial charge < -0.3 is 19.9 Å². The highest BCUT2D eigenvalue weighted by molar-refractivity contribution is 6.06. The molecule has 5 heteroatoms. The van der Waals surface area contributed by atoms with Gasteiger partial charge in [-0.1, -0.05) is 0 Å². The molecule has 0 spiro atoms. The number of benzene rings is 2. The SMILES string of the molecule is COC1CCN(c2ccc(NC(=O)c3ccc4[nH]ccc4c3)cc2)CC1. The summed E-state index contributed by atoms with van der Waals surface area (Å²) < 4.78 is 5.43. The number of nitrogens with one attached hydrogen (secondary N) is 2. The predicted octanol–water partition coefficient (Wildman–Crippen LogP) is 4.04. The molecule has 4 rings (SSSR count). The number of hydrogen-bond acceptors (Lipinski definition) is 3. The van der Waals surface area contributed by atoms with Crippen molar-refractivity contribution in [3.05, 3.63) is 60.3 Å². The molecule has 0 unspecified atom stereocenters.